The third kappa shape index (κ3) is 4.07. The first-order valence-electron chi connectivity index (χ1n) is 7.36. The van der Waals surface area contributed by atoms with Gasteiger partial charge in [-0.25, -0.2) is 13.4 Å². The van der Waals surface area contributed by atoms with Gasteiger partial charge in [-0.3, -0.25) is 0 Å². The molecule has 0 spiro atoms. The number of nitrogens with one attached hydrogen (secondary N) is 2. The molecule has 2 N–H and O–H groups in total. The van der Waals surface area contributed by atoms with Crippen LogP contribution in [0.1, 0.15) is 6.42 Å². The summed E-state index contributed by atoms with van der Waals surface area (Å²) < 4.78 is 28.3. The maximum atomic E-state index is 11.5. The lowest BCUT2D eigenvalue weighted by Gasteiger charge is -2.13. The van der Waals surface area contributed by atoms with E-state index in [4.69, 9.17) is 16.3 Å². The number of rotatable bonds is 5. The van der Waals surface area contributed by atoms with Crippen LogP contribution in [0.4, 0.5) is 17.5 Å². The van der Waals surface area contributed by atoms with Gasteiger partial charge in [0.2, 0.25) is 5.95 Å². The topological polar surface area (TPSA) is 93.2 Å². The SMILES string of the molecule is COc1ccc(Cl)cc1Nc1ccnc(NC2CCS(=O)(=O)C2)n1. The lowest BCUT2D eigenvalue weighted by molar-refractivity contribution is 0.417. The summed E-state index contributed by atoms with van der Waals surface area (Å²) in [7, 11) is -1.38. The fraction of sp³-hybridized carbons (Fsp3) is 0.333. The molecule has 0 aliphatic carbocycles. The van der Waals surface area contributed by atoms with E-state index in [-0.39, 0.29) is 17.5 Å². The minimum absolute atomic E-state index is 0.107. The molecule has 7 nitrogen and oxygen atoms in total. The minimum Gasteiger partial charge on any atom is -0.495 e. The quantitative estimate of drug-likeness (QED) is 0.837. The van der Waals surface area contributed by atoms with Gasteiger partial charge < -0.3 is 15.4 Å². The lowest BCUT2D eigenvalue weighted by Crippen LogP contribution is -2.22. The largest absolute Gasteiger partial charge is 0.495 e. The van der Waals surface area contributed by atoms with Crippen molar-refractivity contribution in [2.24, 2.45) is 0 Å². The first kappa shape index (κ1) is 16.8. The van der Waals surface area contributed by atoms with Gasteiger partial charge in [-0.1, -0.05) is 11.6 Å². The van der Waals surface area contributed by atoms with Crippen LogP contribution in [0.15, 0.2) is 30.5 Å². The van der Waals surface area contributed by atoms with Crippen LogP contribution in [0.5, 0.6) is 5.75 Å². The molecule has 1 unspecified atom stereocenters. The van der Waals surface area contributed by atoms with Crippen LogP contribution in [0.2, 0.25) is 5.02 Å². The molecule has 1 atom stereocenters. The molecule has 9 heteroatoms. The number of hydrogen-bond donors (Lipinski definition) is 2. The predicted molar refractivity (Wildman–Crippen MR) is 94.0 cm³/mol. The van der Waals surface area contributed by atoms with Crippen molar-refractivity contribution in [3.8, 4) is 5.75 Å². The third-order valence-corrected chi connectivity index (χ3v) is 5.65. The van der Waals surface area contributed by atoms with E-state index in [1.807, 2.05) is 0 Å². The number of sulfone groups is 1. The molecule has 2 aromatic rings. The number of aromatic nitrogens is 2. The van der Waals surface area contributed by atoms with E-state index in [9.17, 15) is 8.42 Å². The molecule has 1 fully saturated rings. The van der Waals surface area contributed by atoms with Crippen molar-refractivity contribution in [2.45, 2.75) is 12.5 Å². The van der Waals surface area contributed by atoms with Gasteiger partial charge in [0.05, 0.1) is 24.3 Å². The molecule has 0 amide bonds. The van der Waals surface area contributed by atoms with E-state index >= 15 is 0 Å². The van der Waals surface area contributed by atoms with Gasteiger partial charge in [-0.15, -0.1) is 0 Å². The molecule has 2 heterocycles. The number of ether oxygens (including phenoxy) is 1. The maximum absolute atomic E-state index is 11.5. The van der Waals surface area contributed by atoms with E-state index in [1.54, 1.807) is 37.6 Å². The first-order valence-corrected chi connectivity index (χ1v) is 9.56. The molecule has 1 aromatic carbocycles. The molecule has 128 valence electrons. The van der Waals surface area contributed by atoms with Crippen molar-refractivity contribution in [3.05, 3.63) is 35.5 Å². The van der Waals surface area contributed by atoms with Gasteiger partial charge in [0.15, 0.2) is 9.84 Å². The molecular formula is C15H17ClN4O3S. The molecule has 1 saturated heterocycles. The summed E-state index contributed by atoms with van der Waals surface area (Å²) in [6.07, 6.45) is 2.16. The highest BCUT2D eigenvalue weighted by Crippen LogP contribution is 2.30. The second kappa shape index (κ2) is 6.82. The molecule has 3 rings (SSSR count). The Morgan fingerprint density at radius 2 is 2.17 bits per heavy atom. The highest BCUT2D eigenvalue weighted by molar-refractivity contribution is 7.91. The Morgan fingerprint density at radius 1 is 1.33 bits per heavy atom. The third-order valence-electron chi connectivity index (χ3n) is 3.65. The standard InChI is InChI=1S/C15H17ClN4O3S/c1-23-13-3-2-10(16)8-12(13)19-14-4-6-17-15(20-14)18-11-5-7-24(21,22)9-11/h2-4,6,8,11H,5,7,9H2,1H3,(H2,17,18,19,20). The predicted octanol–water partition coefficient (Wildman–Crippen LogP) is 2.48. The first-order chi connectivity index (χ1) is 11.4. The number of anilines is 3. The molecular weight excluding hydrogens is 352 g/mol. The summed E-state index contributed by atoms with van der Waals surface area (Å²) >= 11 is 6.01. The number of hydrogen-bond acceptors (Lipinski definition) is 7. The molecule has 24 heavy (non-hydrogen) atoms. The van der Waals surface area contributed by atoms with Gasteiger partial charge in [-0.2, -0.15) is 4.98 Å². The fourth-order valence-corrected chi connectivity index (χ4v) is 4.35. The van der Waals surface area contributed by atoms with Crippen molar-refractivity contribution in [1.29, 1.82) is 0 Å². The lowest BCUT2D eigenvalue weighted by atomic mass is 10.3. The summed E-state index contributed by atoms with van der Waals surface area (Å²) in [5.41, 5.74) is 0.679. The maximum Gasteiger partial charge on any atom is 0.224 e. The highest BCUT2D eigenvalue weighted by Gasteiger charge is 2.28. The van der Waals surface area contributed by atoms with Crippen molar-refractivity contribution < 1.29 is 13.2 Å². The number of methoxy groups -OCH3 is 1. The molecule has 1 aromatic heterocycles. The van der Waals surface area contributed by atoms with Crippen molar-refractivity contribution in [3.63, 3.8) is 0 Å². The minimum atomic E-state index is -2.95. The monoisotopic (exact) mass is 368 g/mol. The Balaban J connectivity index is 1.75. The normalized spacial score (nSPS) is 19.0. The second-order valence-corrected chi connectivity index (χ2v) is 8.14. The second-order valence-electron chi connectivity index (χ2n) is 5.48. The fourth-order valence-electron chi connectivity index (χ4n) is 2.51. The molecule has 1 aliphatic heterocycles. The Hall–Kier alpha value is -2.06. The van der Waals surface area contributed by atoms with E-state index < -0.39 is 9.84 Å². The van der Waals surface area contributed by atoms with E-state index in [1.165, 1.54) is 0 Å². The molecule has 0 saturated carbocycles. The van der Waals surface area contributed by atoms with E-state index in [0.717, 1.165) is 0 Å². The van der Waals surface area contributed by atoms with Crippen LogP contribution in [0.3, 0.4) is 0 Å². The van der Waals surface area contributed by atoms with Gasteiger partial charge >= 0.3 is 0 Å². The van der Waals surface area contributed by atoms with Crippen molar-refractivity contribution in [1.82, 2.24) is 9.97 Å². The summed E-state index contributed by atoms with van der Waals surface area (Å²) in [5, 5.41) is 6.76. The van der Waals surface area contributed by atoms with Crippen LogP contribution in [-0.2, 0) is 9.84 Å². The zero-order valence-electron chi connectivity index (χ0n) is 13.0. The van der Waals surface area contributed by atoms with E-state index in [0.29, 0.717) is 34.6 Å². The smallest absolute Gasteiger partial charge is 0.224 e. The molecule has 0 radical (unpaired) electrons. The zero-order chi connectivity index (χ0) is 17.2. The van der Waals surface area contributed by atoms with Crippen LogP contribution in [0.25, 0.3) is 0 Å². The average molecular weight is 369 g/mol. The van der Waals surface area contributed by atoms with E-state index in [2.05, 4.69) is 20.6 Å². The average Bonchev–Trinajstić information content (AvgIpc) is 2.87. The summed E-state index contributed by atoms with van der Waals surface area (Å²) in [4.78, 5) is 8.50. The molecule has 1 aliphatic rings. The summed E-state index contributed by atoms with van der Waals surface area (Å²) in [6, 6.07) is 6.77. The zero-order valence-corrected chi connectivity index (χ0v) is 14.6. The van der Waals surface area contributed by atoms with Gasteiger partial charge in [0.1, 0.15) is 11.6 Å². The summed E-state index contributed by atoms with van der Waals surface area (Å²) in [5.74, 6) is 1.87. The Bertz CT molecular complexity index is 844. The van der Waals surface area contributed by atoms with Crippen LogP contribution >= 0.6 is 11.6 Å². The highest BCUT2D eigenvalue weighted by atomic mass is 35.5. The number of nitrogens with zero attached hydrogens (tertiary/aromatic N) is 2. The van der Waals surface area contributed by atoms with Crippen molar-refractivity contribution in [2.75, 3.05) is 29.2 Å². The van der Waals surface area contributed by atoms with Gasteiger partial charge in [0.25, 0.3) is 0 Å². The number of halogens is 1. The summed E-state index contributed by atoms with van der Waals surface area (Å²) in [6.45, 7) is 0. The van der Waals surface area contributed by atoms with Gasteiger partial charge in [-0.05, 0) is 30.7 Å². The van der Waals surface area contributed by atoms with Crippen LogP contribution < -0.4 is 15.4 Å². The van der Waals surface area contributed by atoms with Crippen LogP contribution in [0, 0.1) is 0 Å². The van der Waals surface area contributed by atoms with Gasteiger partial charge in [0, 0.05) is 17.3 Å². The Morgan fingerprint density at radius 3 is 2.88 bits per heavy atom. The Labute approximate surface area is 145 Å². The van der Waals surface area contributed by atoms with Crippen LogP contribution in [-0.4, -0.2) is 43.0 Å². The molecule has 0 bridgehead atoms. The van der Waals surface area contributed by atoms with Crippen molar-refractivity contribution >= 4 is 38.9 Å². The number of benzene rings is 1. The Kier molecular flexibility index (Phi) is 4.77.